The summed E-state index contributed by atoms with van der Waals surface area (Å²) in [4.78, 5) is 4.22. The normalized spacial score (nSPS) is 20.4. The Kier molecular flexibility index (Phi) is 6.46. The summed E-state index contributed by atoms with van der Waals surface area (Å²) in [5, 5.41) is 0. The number of rotatable bonds is 9. The Bertz CT molecular complexity index is 377. The molecule has 0 saturated carbocycles. The number of hydrogen-bond donors (Lipinski definition) is 1. The molecule has 114 valence electrons. The van der Waals surface area contributed by atoms with Crippen molar-refractivity contribution in [2.45, 2.75) is 25.4 Å². The molecule has 2 heterocycles. The summed E-state index contributed by atoms with van der Waals surface area (Å²) < 4.78 is 17.9. The standard InChI is InChI=1S/C14H25N3O3/c1-18-7-8-19-5-2-4-17-11-16-9-13(17)14(15)12-3-6-20-10-12/h9,11-12,14H,2-8,10,15H2,1H3. The van der Waals surface area contributed by atoms with E-state index in [1.165, 1.54) is 0 Å². The minimum absolute atomic E-state index is 0.00871. The van der Waals surface area contributed by atoms with Crippen molar-refractivity contribution in [2.75, 3.05) is 40.1 Å². The molecule has 0 amide bonds. The van der Waals surface area contributed by atoms with Gasteiger partial charge in [0.05, 0.1) is 37.9 Å². The third-order valence-corrected chi connectivity index (χ3v) is 3.68. The van der Waals surface area contributed by atoms with Crippen LogP contribution in [0, 0.1) is 5.92 Å². The van der Waals surface area contributed by atoms with Crippen molar-refractivity contribution in [1.29, 1.82) is 0 Å². The van der Waals surface area contributed by atoms with Crippen molar-refractivity contribution in [1.82, 2.24) is 9.55 Å². The number of nitrogens with two attached hydrogens (primary N) is 1. The predicted octanol–water partition coefficient (Wildman–Crippen LogP) is 0.973. The van der Waals surface area contributed by atoms with E-state index in [4.69, 9.17) is 19.9 Å². The first-order valence-corrected chi connectivity index (χ1v) is 7.23. The van der Waals surface area contributed by atoms with E-state index in [9.17, 15) is 0 Å². The van der Waals surface area contributed by atoms with E-state index in [1.807, 2.05) is 12.5 Å². The topological polar surface area (TPSA) is 71.5 Å². The van der Waals surface area contributed by atoms with Gasteiger partial charge in [-0.2, -0.15) is 0 Å². The van der Waals surface area contributed by atoms with E-state index >= 15 is 0 Å². The summed E-state index contributed by atoms with van der Waals surface area (Å²) in [5.74, 6) is 0.406. The van der Waals surface area contributed by atoms with Gasteiger partial charge < -0.3 is 24.5 Å². The SMILES string of the molecule is COCCOCCCn1cncc1C(N)C1CCOC1. The number of hydrogen-bond acceptors (Lipinski definition) is 5. The van der Waals surface area contributed by atoms with Crippen LogP contribution in [0.1, 0.15) is 24.6 Å². The van der Waals surface area contributed by atoms with Crippen molar-refractivity contribution in [3.63, 3.8) is 0 Å². The summed E-state index contributed by atoms with van der Waals surface area (Å²) in [5.41, 5.74) is 7.42. The van der Waals surface area contributed by atoms with Gasteiger partial charge in [0.1, 0.15) is 0 Å². The Morgan fingerprint density at radius 2 is 2.40 bits per heavy atom. The highest BCUT2D eigenvalue weighted by Crippen LogP contribution is 2.26. The molecule has 1 aliphatic heterocycles. The minimum Gasteiger partial charge on any atom is -0.382 e. The maximum atomic E-state index is 6.33. The summed E-state index contributed by atoms with van der Waals surface area (Å²) in [6.07, 6.45) is 5.70. The maximum Gasteiger partial charge on any atom is 0.0948 e. The molecule has 2 atom stereocenters. The van der Waals surface area contributed by atoms with Gasteiger partial charge in [0.2, 0.25) is 0 Å². The second kappa shape index (κ2) is 8.36. The van der Waals surface area contributed by atoms with Gasteiger partial charge in [-0.3, -0.25) is 0 Å². The molecule has 1 aromatic rings. The molecular formula is C14H25N3O3. The molecular weight excluding hydrogens is 258 g/mol. The Hall–Kier alpha value is -0.950. The Balaban J connectivity index is 1.76. The number of nitrogens with zero attached hydrogens (tertiary/aromatic N) is 2. The zero-order valence-corrected chi connectivity index (χ0v) is 12.2. The quantitative estimate of drug-likeness (QED) is 0.684. The molecule has 6 heteroatoms. The molecule has 1 aromatic heterocycles. The van der Waals surface area contributed by atoms with Gasteiger partial charge in [-0.15, -0.1) is 0 Å². The monoisotopic (exact) mass is 283 g/mol. The van der Waals surface area contributed by atoms with Crippen LogP contribution in [0.3, 0.4) is 0 Å². The number of imidazole rings is 1. The molecule has 20 heavy (non-hydrogen) atoms. The smallest absolute Gasteiger partial charge is 0.0948 e. The lowest BCUT2D eigenvalue weighted by molar-refractivity contribution is 0.0679. The van der Waals surface area contributed by atoms with Gasteiger partial charge >= 0.3 is 0 Å². The Labute approximate surface area is 120 Å². The fourth-order valence-electron chi connectivity index (χ4n) is 2.45. The van der Waals surface area contributed by atoms with Gasteiger partial charge in [-0.05, 0) is 12.8 Å². The maximum absolute atomic E-state index is 6.33. The fourth-order valence-corrected chi connectivity index (χ4v) is 2.45. The molecule has 2 unspecified atom stereocenters. The Morgan fingerprint density at radius 3 is 3.15 bits per heavy atom. The van der Waals surface area contributed by atoms with Gasteiger partial charge in [0.25, 0.3) is 0 Å². The van der Waals surface area contributed by atoms with Crippen LogP contribution < -0.4 is 5.73 Å². The van der Waals surface area contributed by atoms with Crippen molar-refractivity contribution < 1.29 is 14.2 Å². The van der Waals surface area contributed by atoms with Crippen LogP contribution in [-0.4, -0.2) is 49.7 Å². The molecule has 2 rings (SSSR count). The van der Waals surface area contributed by atoms with Crippen LogP contribution >= 0.6 is 0 Å². The van der Waals surface area contributed by atoms with Crippen LogP contribution in [0.25, 0.3) is 0 Å². The number of ether oxygens (including phenoxy) is 3. The molecule has 0 bridgehead atoms. The summed E-state index contributed by atoms with van der Waals surface area (Å²) in [6, 6.07) is 0.00871. The third-order valence-electron chi connectivity index (χ3n) is 3.68. The van der Waals surface area contributed by atoms with Gasteiger partial charge in [-0.25, -0.2) is 4.98 Å². The average Bonchev–Trinajstić information content (AvgIpc) is 3.12. The second-order valence-corrected chi connectivity index (χ2v) is 5.12. The van der Waals surface area contributed by atoms with Crippen molar-refractivity contribution in [3.05, 3.63) is 18.2 Å². The highest BCUT2D eigenvalue weighted by molar-refractivity contribution is 5.07. The highest BCUT2D eigenvalue weighted by Gasteiger charge is 2.26. The van der Waals surface area contributed by atoms with E-state index in [0.29, 0.717) is 19.1 Å². The van der Waals surface area contributed by atoms with E-state index in [1.54, 1.807) is 7.11 Å². The zero-order valence-electron chi connectivity index (χ0n) is 12.2. The zero-order chi connectivity index (χ0) is 14.2. The molecule has 0 radical (unpaired) electrons. The number of methoxy groups -OCH3 is 1. The summed E-state index contributed by atoms with van der Waals surface area (Å²) in [6.45, 7) is 4.47. The first-order chi connectivity index (χ1) is 9.83. The number of aromatic nitrogens is 2. The molecule has 0 spiro atoms. The van der Waals surface area contributed by atoms with Gasteiger partial charge in [0.15, 0.2) is 0 Å². The largest absolute Gasteiger partial charge is 0.382 e. The van der Waals surface area contributed by atoms with Crippen LogP contribution in [0.2, 0.25) is 0 Å². The summed E-state index contributed by atoms with van der Waals surface area (Å²) in [7, 11) is 1.68. The van der Waals surface area contributed by atoms with Gasteiger partial charge in [-0.1, -0.05) is 0 Å². The molecule has 0 aromatic carbocycles. The van der Waals surface area contributed by atoms with E-state index in [2.05, 4.69) is 9.55 Å². The van der Waals surface area contributed by atoms with Crippen molar-refractivity contribution in [3.8, 4) is 0 Å². The third kappa shape index (κ3) is 4.28. The van der Waals surface area contributed by atoms with E-state index < -0.39 is 0 Å². The van der Waals surface area contributed by atoms with Crippen LogP contribution in [-0.2, 0) is 20.8 Å². The van der Waals surface area contributed by atoms with Crippen LogP contribution in [0.5, 0.6) is 0 Å². The molecule has 6 nitrogen and oxygen atoms in total. The highest BCUT2D eigenvalue weighted by atomic mass is 16.5. The predicted molar refractivity (Wildman–Crippen MR) is 75.4 cm³/mol. The second-order valence-electron chi connectivity index (χ2n) is 5.12. The molecule has 2 N–H and O–H groups in total. The molecule has 0 aliphatic carbocycles. The molecule has 1 saturated heterocycles. The fraction of sp³-hybridized carbons (Fsp3) is 0.786. The minimum atomic E-state index is 0.00871. The number of aryl methyl sites for hydroxylation is 1. The lowest BCUT2D eigenvalue weighted by atomic mass is 9.97. The van der Waals surface area contributed by atoms with Crippen LogP contribution in [0.15, 0.2) is 12.5 Å². The van der Waals surface area contributed by atoms with Crippen LogP contribution in [0.4, 0.5) is 0 Å². The van der Waals surface area contributed by atoms with Crippen molar-refractivity contribution >= 4 is 0 Å². The van der Waals surface area contributed by atoms with E-state index in [-0.39, 0.29) is 6.04 Å². The Morgan fingerprint density at radius 1 is 1.50 bits per heavy atom. The average molecular weight is 283 g/mol. The molecule has 1 fully saturated rings. The van der Waals surface area contributed by atoms with Gasteiger partial charge in [0, 0.05) is 39.0 Å². The lowest BCUT2D eigenvalue weighted by Crippen LogP contribution is -2.24. The van der Waals surface area contributed by atoms with Crippen molar-refractivity contribution in [2.24, 2.45) is 11.7 Å². The first kappa shape index (κ1) is 15.4. The summed E-state index contributed by atoms with van der Waals surface area (Å²) >= 11 is 0. The molecule has 1 aliphatic rings. The first-order valence-electron chi connectivity index (χ1n) is 7.23. The van der Waals surface area contributed by atoms with E-state index in [0.717, 1.165) is 44.9 Å². The lowest BCUT2D eigenvalue weighted by Gasteiger charge is -2.19.